The van der Waals surface area contributed by atoms with Crippen LogP contribution in [0.1, 0.15) is 23.1 Å². The van der Waals surface area contributed by atoms with Crippen molar-refractivity contribution in [3.05, 3.63) is 78.4 Å². The molecule has 1 N–H and O–H groups in total. The van der Waals surface area contributed by atoms with E-state index in [2.05, 4.69) is 21.8 Å². The fourth-order valence-corrected chi connectivity index (χ4v) is 2.69. The Labute approximate surface area is 153 Å². The van der Waals surface area contributed by atoms with Crippen molar-refractivity contribution in [3.63, 3.8) is 0 Å². The van der Waals surface area contributed by atoms with E-state index in [1.165, 1.54) is 0 Å². The number of aryl methyl sites for hydroxylation is 1. The molecular formula is C21H23N3O2. The molecule has 5 nitrogen and oxygen atoms in total. The lowest BCUT2D eigenvalue weighted by molar-refractivity contribution is 0.0946. The molecule has 0 bridgehead atoms. The Kier molecular flexibility index (Phi) is 5.69. The van der Waals surface area contributed by atoms with Crippen LogP contribution in [0.4, 0.5) is 0 Å². The van der Waals surface area contributed by atoms with Gasteiger partial charge in [0.2, 0.25) is 0 Å². The average Bonchev–Trinajstić information content (AvgIpc) is 3.05. The van der Waals surface area contributed by atoms with Gasteiger partial charge in [-0.1, -0.05) is 31.2 Å². The van der Waals surface area contributed by atoms with Gasteiger partial charge in [-0.25, -0.2) is 4.98 Å². The maximum absolute atomic E-state index is 12.4. The molecule has 1 amide bonds. The highest BCUT2D eigenvalue weighted by Gasteiger charge is 2.10. The van der Waals surface area contributed by atoms with Crippen molar-refractivity contribution >= 4 is 5.91 Å². The van der Waals surface area contributed by atoms with E-state index in [1.54, 1.807) is 18.3 Å². The number of imidazole rings is 1. The third-order valence-corrected chi connectivity index (χ3v) is 4.12. The molecule has 0 fully saturated rings. The lowest BCUT2D eigenvalue weighted by atomic mass is 10.1. The van der Waals surface area contributed by atoms with Crippen molar-refractivity contribution in [2.45, 2.75) is 20.4 Å². The second-order valence-electron chi connectivity index (χ2n) is 6.38. The van der Waals surface area contributed by atoms with E-state index in [4.69, 9.17) is 4.74 Å². The van der Waals surface area contributed by atoms with Gasteiger partial charge < -0.3 is 14.6 Å². The Hall–Kier alpha value is -3.08. The number of nitrogens with one attached hydrogen (secondary N) is 1. The second-order valence-corrected chi connectivity index (χ2v) is 6.38. The topological polar surface area (TPSA) is 56.2 Å². The maximum Gasteiger partial charge on any atom is 0.251 e. The highest BCUT2D eigenvalue weighted by atomic mass is 16.5. The molecular weight excluding hydrogens is 326 g/mol. The fraction of sp³-hybridized carbons (Fsp3) is 0.238. The maximum atomic E-state index is 12.4. The lowest BCUT2D eigenvalue weighted by Gasteiger charge is -2.14. The van der Waals surface area contributed by atoms with Crippen molar-refractivity contribution in [1.82, 2.24) is 14.9 Å². The summed E-state index contributed by atoms with van der Waals surface area (Å²) in [4.78, 5) is 16.7. The number of carbonyl (C=O) groups is 1. The number of amides is 1. The predicted molar refractivity (Wildman–Crippen MR) is 101 cm³/mol. The molecule has 1 aromatic heterocycles. The van der Waals surface area contributed by atoms with Crippen LogP contribution < -0.4 is 10.1 Å². The Bertz CT molecular complexity index is 858. The standard InChI is InChI=1S/C21H23N3O2/c1-16(15-24-12-11-22-17(24)2)14-23-21(25)18-7-6-10-20(13-18)26-19-8-4-3-5-9-19/h3-13,16H,14-15H2,1-2H3,(H,23,25). The number of para-hydroxylation sites is 1. The van der Waals surface area contributed by atoms with Crippen LogP contribution in [-0.2, 0) is 6.54 Å². The minimum Gasteiger partial charge on any atom is -0.457 e. The second kappa shape index (κ2) is 8.34. The van der Waals surface area contributed by atoms with E-state index >= 15 is 0 Å². The zero-order chi connectivity index (χ0) is 18.4. The molecule has 1 heterocycles. The summed E-state index contributed by atoms with van der Waals surface area (Å²) < 4.78 is 7.88. The van der Waals surface area contributed by atoms with Gasteiger partial charge >= 0.3 is 0 Å². The first-order valence-corrected chi connectivity index (χ1v) is 8.70. The quantitative estimate of drug-likeness (QED) is 0.700. The minimum absolute atomic E-state index is 0.0993. The summed E-state index contributed by atoms with van der Waals surface area (Å²) in [5.74, 6) is 2.57. The van der Waals surface area contributed by atoms with Gasteiger partial charge in [0.1, 0.15) is 17.3 Å². The number of carbonyl (C=O) groups excluding carboxylic acids is 1. The van der Waals surface area contributed by atoms with Gasteiger partial charge in [0.05, 0.1) is 0 Å². The van der Waals surface area contributed by atoms with Crippen LogP contribution in [0, 0.1) is 12.8 Å². The molecule has 134 valence electrons. The molecule has 1 unspecified atom stereocenters. The van der Waals surface area contributed by atoms with Crippen molar-refractivity contribution in [1.29, 1.82) is 0 Å². The fourth-order valence-electron chi connectivity index (χ4n) is 2.69. The minimum atomic E-state index is -0.0993. The van der Waals surface area contributed by atoms with Crippen LogP contribution in [0.2, 0.25) is 0 Å². The first kappa shape index (κ1) is 17.7. The molecule has 2 aromatic carbocycles. The summed E-state index contributed by atoms with van der Waals surface area (Å²) in [6, 6.07) is 16.7. The van der Waals surface area contributed by atoms with Crippen molar-refractivity contribution in [2.75, 3.05) is 6.54 Å². The molecule has 26 heavy (non-hydrogen) atoms. The number of benzene rings is 2. The zero-order valence-electron chi connectivity index (χ0n) is 15.1. The largest absolute Gasteiger partial charge is 0.457 e. The van der Waals surface area contributed by atoms with E-state index in [-0.39, 0.29) is 5.91 Å². The van der Waals surface area contributed by atoms with Gasteiger partial charge in [-0.2, -0.15) is 0 Å². The van der Waals surface area contributed by atoms with Crippen LogP contribution in [-0.4, -0.2) is 22.0 Å². The van der Waals surface area contributed by atoms with E-state index in [9.17, 15) is 4.79 Å². The third-order valence-electron chi connectivity index (χ3n) is 4.12. The van der Waals surface area contributed by atoms with Gasteiger partial charge in [0.15, 0.2) is 0 Å². The van der Waals surface area contributed by atoms with Gasteiger partial charge in [0.25, 0.3) is 5.91 Å². The van der Waals surface area contributed by atoms with Crippen LogP contribution in [0.5, 0.6) is 11.5 Å². The van der Waals surface area contributed by atoms with E-state index in [0.717, 1.165) is 18.1 Å². The van der Waals surface area contributed by atoms with E-state index in [1.807, 2.05) is 55.6 Å². The van der Waals surface area contributed by atoms with Crippen molar-refractivity contribution < 1.29 is 9.53 Å². The normalized spacial score (nSPS) is 11.8. The molecule has 0 saturated heterocycles. The summed E-state index contributed by atoms with van der Waals surface area (Å²) in [6.45, 7) is 5.50. The molecule has 3 rings (SSSR count). The lowest BCUT2D eigenvalue weighted by Crippen LogP contribution is -2.30. The van der Waals surface area contributed by atoms with Gasteiger partial charge in [0, 0.05) is 31.0 Å². The predicted octanol–water partition coefficient (Wildman–Crippen LogP) is 4.05. The average molecular weight is 349 g/mol. The first-order chi connectivity index (χ1) is 12.6. The van der Waals surface area contributed by atoms with Crippen molar-refractivity contribution in [2.24, 2.45) is 5.92 Å². The van der Waals surface area contributed by atoms with Crippen molar-refractivity contribution in [3.8, 4) is 11.5 Å². The zero-order valence-corrected chi connectivity index (χ0v) is 15.1. The number of nitrogens with zero attached hydrogens (tertiary/aromatic N) is 2. The first-order valence-electron chi connectivity index (χ1n) is 8.70. The van der Waals surface area contributed by atoms with Gasteiger partial charge in [-0.3, -0.25) is 4.79 Å². The molecule has 0 aliphatic heterocycles. The molecule has 0 radical (unpaired) electrons. The molecule has 0 aliphatic carbocycles. The number of hydrogen-bond donors (Lipinski definition) is 1. The van der Waals surface area contributed by atoms with Gasteiger partial charge in [-0.15, -0.1) is 0 Å². The summed E-state index contributed by atoms with van der Waals surface area (Å²) in [5.41, 5.74) is 0.587. The van der Waals surface area contributed by atoms with E-state index in [0.29, 0.717) is 23.8 Å². The number of ether oxygens (including phenoxy) is 1. The van der Waals surface area contributed by atoms with E-state index < -0.39 is 0 Å². The van der Waals surface area contributed by atoms with Gasteiger partial charge in [-0.05, 0) is 43.2 Å². The van der Waals surface area contributed by atoms with Crippen LogP contribution >= 0.6 is 0 Å². The smallest absolute Gasteiger partial charge is 0.251 e. The number of rotatable bonds is 7. The Balaban J connectivity index is 1.56. The Morgan fingerprint density at radius 3 is 2.65 bits per heavy atom. The molecule has 0 spiro atoms. The number of aromatic nitrogens is 2. The third kappa shape index (κ3) is 4.72. The SMILES string of the molecule is Cc1nccn1CC(C)CNC(=O)c1cccc(Oc2ccccc2)c1. The van der Waals surface area contributed by atoms with Crippen LogP contribution in [0.3, 0.4) is 0 Å². The summed E-state index contributed by atoms with van der Waals surface area (Å²) in [7, 11) is 0. The summed E-state index contributed by atoms with van der Waals surface area (Å²) >= 11 is 0. The Morgan fingerprint density at radius 2 is 1.92 bits per heavy atom. The molecule has 1 atom stereocenters. The summed E-state index contributed by atoms with van der Waals surface area (Å²) in [5, 5.41) is 2.99. The summed E-state index contributed by atoms with van der Waals surface area (Å²) in [6.07, 6.45) is 3.75. The highest BCUT2D eigenvalue weighted by molar-refractivity contribution is 5.94. The Morgan fingerprint density at radius 1 is 1.15 bits per heavy atom. The monoisotopic (exact) mass is 349 g/mol. The van der Waals surface area contributed by atoms with Crippen LogP contribution in [0.25, 0.3) is 0 Å². The number of hydrogen-bond acceptors (Lipinski definition) is 3. The molecule has 0 aliphatic rings. The molecule has 3 aromatic rings. The highest BCUT2D eigenvalue weighted by Crippen LogP contribution is 2.21. The molecule has 0 saturated carbocycles. The van der Waals surface area contributed by atoms with Crippen LogP contribution in [0.15, 0.2) is 67.0 Å². The molecule has 5 heteroatoms.